The summed E-state index contributed by atoms with van der Waals surface area (Å²) in [4.78, 5) is 0. The van der Waals surface area contributed by atoms with E-state index in [1.54, 1.807) is 7.05 Å². The molecule has 0 aliphatic carbocycles. The van der Waals surface area contributed by atoms with Gasteiger partial charge >= 0.3 is 0 Å². The Morgan fingerprint density at radius 2 is 1.52 bits per heavy atom. The molecule has 3 heteroatoms. The van der Waals surface area contributed by atoms with Crippen molar-refractivity contribution in [1.82, 2.24) is 0 Å². The summed E-state index contributed by atoms with van der Waals surface area (Å²) < 4.78 is 0. The summed E-state index contributed by atoms with van der Waals surface area (Å²) in [5.41, 5.74) is 2.66. The van der Waals surface area contributed by atoms with E-state index in [1.165, 1.54) is 11.1 Å². The van der Waals surface area contributed by atoms with E-state index in [9.17, 15) is 5.26 Å². The largest absolute Gasteiger partial charge is 0.198 e. The maximum Gasteiger partial charge on any atom is 0.0711 e. The highest BCUT2D eigenvalue weighted by Crippen LogP contribution is 2.23. The van der Waals surface area contributed by atoms with Crippen LogP contribution >= 0.6 is 0 Å². The Labute approximate surface area is 164 Å². The smallest absolute Gasteiger partial charge is 0.0711 e. The summed E-state index contributed by atoms with van der Waals surface area (Å²) in [5, 5.41) is 18.0. The van der Waals surface area contributed by atoms with Crippen molar-refractivity contribution < 1.29 is 0 Å². The zero-order valence-corrected chi connectivity index (χ0v) is 16.6. The Morgan fingerprint density at radius 1 is 0.889 bits per heavy atom. The van der Waals surface area contributed by atoms with E-state index in [0.717, 1.165) is 38.5 Å². The highest BCUT2D eigenvalue weighted by molar-refractivity contribution is 5.16. The molecule has 142 valence electrons. The van der Waals surface area contributed by atoms with Crippen LogP contribution in [0.4, 0.5) is 0 Å². The molecule has 0 saturated heterocycles. The molecule has 0 radical (unpaired) electrons. The van der Waals surface area contributed by atoms with E-state index >= 15 is 0 Å². The fourth-order valence-electron chi connectivity index (χ4n) is 3.58. The molecule has 3 nitrogen and oxygen atoms in total. The average molecular weight is 362 g/mol. The van der Waals surface area contributed by atoms with Gasteiger partial charge in [-0.3, -0.25) is 0 Å². The molecular formula is C24H31N3. The lowest BCUT2D eigenvalue weighted by Crippen LogP contribution is -2.14. The van der Waals surface area contributed by atoms with E-state index in [2.05, 4.69) is 71.8 Å². The Hall–Kier alpha value is -2.47. The van der Waals surface area contributed by atoms with Gasteiger partial charge in [0.25, 0.3) is 0 Å². The van der Waals surface area contributed by atoms with Crippen LogP contribution < -0.4 is 0 Å². The van der Waals surface area contributed by atoms with Crippen molar-refractivity contribution in [2.75, 3.05) is 7.05 Å². The number of hydrogen-bond acceptors (Lipinski definition) is 3. The maximum absolute atomic E-state index is 9.60. The molecule has 3 atom stereocenters. The van der Waals surface area contributed by atoms with Gasteiger partial charge in [0.1, 0.15) is 0 Å². The van der Waals surface area contributed by atoms with E-state index < -0.39 is 0 Å². The molecule has 0 bridgehead atoms. The fourth-order valence-corrected chi connectivity index (χ4v) is 3.58. The predicted molar refractivity (Wildman–Crippen MR) is 112 cm³/mol. The third-order valence-electron chi connectivity index (χ3n) is 5.19. The van der Waals surface area contributed by atoms with Crippen molar-refractivity contribution in [3.63, 3.8) is 0 Å². The van der Waals surface area contributed by atoms with Gasteiger partial charge in [-0.05, 0) is 55.6 Å². The second-order valence-electron chi connectivity index (χ2n) is 7.33. The second-order valence-corrected chi connectivity index (χ2v) is 7.33. The normalized spacial score (nSPS) is 14.6. The quantitative estimate of drug-likeness (QED) is 0.436. The Kier molecular flexibility index (Phi) is 9.27. The van der Waals surface area contributed by atoms with Crippen molar-refractivity contribution in [3.8, 4) is 6.07 Å². The van der Waals surface area contributed by atoms with Gasteiger partial charge in [-0.1, -0.05) is 67.6 Å². The minimum Gasteiger partial charge on any atom is -0.198 e. The monoisotopic (exact) mass is 361 g/mol. The van der Waals surface area contributed by atoms with E-state index in [0.29, 0.717) is 5.92 Å². The van der Waals surface area contributed by atoms with Gasteiger partial charge in [-0.15, -0.1) is 0 Å². The summed E-state index contributed by atoms with van der Waals surface area (Å²) in [6, 6.07) is 23.8. The van der Waals surface area contributed by atoms with Crippen LogP contribution in [0, 0.1) is 23.2 Å². The first kappa shape index (κ1) is 20.8. The lowest BCUT2D eigenvalue weighted by atomic mass is 9.85. The molecule has 0 heterocycles. The SMILES string of the molecule is CN=NC(CCCC(C#N)C(C)Cc1ccccc1)CCc1ccccc1. The first-order chi connectivity index (χ1) is 13.2. The Balaban J connectivity index is 1.78. The molecule has 2 rings (SSSR count). The van der Waals surface area contributed by atoms with Crippen molar-refractivity contribution >= 4 is 0 Å². The van der Waals surface area contributed by atoms with Gasteiger partial charge < -0.3 is 0 Å². The standard InChI is InChI=1S/C24H31N3/c1-20(18-22-12-7-4-8-13-22)23(19-25)14-9-15-24(27-26-2)17-16-21-10-5-3-6-11-21/h3-8,10-13,20,23-24H,9,14-18H2,1-2H3. The lowest BCUT2D eigenvalue weighted by molar-refractivity contribution is 0.385. The molecule has 2 aromatic carbocycles. The lowest BCUT2D eigenvalue weighted by Gasteiger charge is -2.18. The first-order valence-corrected chi connectivity index (χ1v) is 9.99. The van der Waals surface area contributed by atoms with Gasteiger partial charge in [0.15, 0.2) is 0 Å². The molecule has 2 aromatic rings. The van der Waals surface area contributed by atoms with Gasteiger partial charge in [0.2, 0.25) is 0 Å². The molecule has 0 spiro atoms. The first-order valence-electron chi connectivity index (χ1n) is 9.99. The summed E-state index contributed by atoms with van der Waals surface area (Å²) in [5.74, 6) is 0.464. The molecule has 27 heavy (non-hydrogen) atoms. The topological polar surface area (TPSA) is 48.5 Å². The summed E-state index contributed by atoms with van der Waals surface area (Å²) >= 11 is 0. The summed E-state index contributed by atoms with van der Waals surface area (Å²) in [7, 11) is 1.75. The number of aryl methyl sites for hydroxylation is 1. The van der Waals surface area contributed by atoms with Crippen LogP contribution in [-0.4, -0.2) is 13.1 Å². The number of nitriles is 1. The fraction of sp³-hybridized carbons (Fsp3) is 0.458. The van der Waals surface area contributed by atoms with Crippen molar-refractivity contribution in [3.05, 3.63) is 71.8 Å². The van der Waals surface area contributed by atoms with Gasteiger partial charge in [-0.2, -0.15) is 15.5 Å². The van der Waals surface area contributed by atoms with E-state index in [4.69, 9.17) is 0 Å². The minimum atomic E-state index is 0.0959. The Bertz CT molecular complexity index is 703. The number of hydrogen-bond donors (Lipinski definition) is 0. The van der Waals surface area contributed by atoms with Gasteiger partial charge in [0, 0.05) is 13.0 Å². The predicted octanol–water partition coefficient (Wildman–Crippen LogP) is 6.26. The van der Waals surface area contributed by atoms with Gasteiger partial charge in [0.05, 0.1) is 12.1 Å². The van der Waals surface area contributed by atoms with Crippen LogP contribution in [0.5, 0.6) is 0 Å². The molecule has 0 saturated carbocycles. The molecular weight excluding hydrogens is 330 g/mol. The molecule has 0 N–H and O–H groups in total. The molecule has 3 unspecified atom stereocenters. The highest BCUT2D eigenvalue weighted by atomic mass is 15.1. The van der Waals surface area contributed by atoms with Crippen LogP contribution in [-0.2, 0) is 12.8 Å². The van der Waals surface area contributed by atoms with Crippen molar-refractivity contribution in [1.29, 1.82) is 5.26 Å². The zero-order valence-electron chi connectivity index (χ0n) is 16.6. The van der Waals surface area contributed by atoms with Crippen LogP contribution in [0.3, 0.4) is 0 Å². The second kappa shape index (κ2) is 12.0. The number of azo groups is 1. The molecule has 0 aliphatic heterocycles. The zero-order chi connectivity index (χ0) is 19.3. The maximum atomic E-state index is 9.60. The highest BCUT2D eigenvalue weighted by Gasteiger charge is 2.18. The van der Waals surface area contributed by atoms with Crippen LogP contribution in [0.25, 0.3) is 0 Å². The Morgan fingerprint density at radius 3 is 2.11 bits per heavy atom. The summed E-state index contributed by atoms with van der Waals surface area (Å²) in [6.45, 7) is 2.19. The average Bonchev–Trinajstić information content (AvgIpc) is 2.70. The number of nitrogens with zero attached hydrogens (tertiary/aromatic N) is 3. The molecule has 0 fully saturated rings. The third kappa shape index (κ3) is 7.74. The van der Waals surface area contributed by atoms with Gasteiger partial charge in [-0.25, -0.2) is 0 Å². The number of benzene rings is 2. The van der Waals surface area contributed by atoms with Crippen LogP contribution in [0.2, 0.25) is 0 Å². The minimum absolute atomic E-state index is 0.0959. The van der Waals surface area contributed by atoms with E-state index in [1.807, 2.05) is 12.1 Å². The number of rotatable bonds is 11. The van der Waals surface area contributed by atoms with Crippen molar-refractivity contribution in [2.45, 2.75) is 51.5 Å². The molecule has 0 aliphatic rings. The molecule has 0 amide bonds. The third-order valence-corrected chi connectivity index (χ3v) is 5.19. The van der Waals surface area contributed by atoms with Crippen LogP contribution in [0.1, 0.15) is 43.7 Å². The van der Waals surface area contributed by atoms with Crippen LogP contribution in [0.15, 0.2) is 70.9 Å². The van der Waals surface area contributed by atoms with E-state index in [-0.39, 0.29) is 12.0 Å². The summed E-state index contributed by atoms with van der Waals surface area (Å²) in [6.07, 6.45) is 5.96. The van der Waals surface area contributed by atoms with Crippen molar-refractivity contribution in [2.24, 2.45) is 22.1 Å². The molecule has 0 aromatic heterocycles.